The number of carbonyl (C=O) groups is 1. The second-order valence-corrected chi connectivity index (χ2v) is 11.4. The molecule has 1 aliphatic heterocycles. The van der Waals surface area contributed by atoms with Crippen molar-refractivity contribution in [1.82, 2.24) is 10.3 Å². The number of benzene rings is 2. The number of halogens is 6. The van der Waals surface area contributed by atoms with Crippen molar-refractivity contribution in [2.75, 3.05) is 25.0 Å². The molecule has 0 bridgehead atoms. The normalized spacial score (nSPS) is 17.9. The second-order valence-electron chi connectivity index (χ2n) is 11.4. The molecule has 8 nitrogen and oxygen atoms in total. The fraction of sp³-hybridized carbons (Fsp3) is 0.581. The molecule has 1 heterocycles. The zero-order valence-corrected chi connectivity index (χ0v) is 25.6. The fourth-order valence-corrected chi connectivity index (χ4v) is 6.19. The number of carbonyl (C=O) groups excluding carboxylic acids is 1. The van der Waals surface area contributed by atoms with Crippen LogP contribution >= 0.6 is 0 Å². The summed E-state index contributed by atoms with van der Waals surface area (Å²) in [5.74, 6) is 0. The Morgan fingerprint density at radius 3 is 2.20 bits per heavy atom. The third kappa shape index (κ3) is 8.07. The first-order chi connectivity index (χ1) is 21.3. The first kappa shape index (κ1) is 34.5. The molecule has 2 aliphatic rings. The van der Waals surface area contributed by atoms with Crippen molar-refractivity contribution in [2.24, 2.45) is 16.1 Å². The second kappa shape index (κ2) is 14.4. The number of alkyl halides is 6. The first-order valence-electron chi connectivity index (χ1n) is 15.2. The van der Waals surface area contributed by atoms with Crippen molar-refractivity contribution in [3.63, 3.8) is 0 Å². The molecule has 4 rings (SSSR count). The Bertz CT molecular complexity index is 1330. The minimum absolute atomic E-state index is 0.0820. The van der Waals surface area contributed by atoms with Crippen molar-refractivity contribution in [3.8, 4) is 0 Å². The van der Waals surface area contributed by atoms with E-state index in [0.29, 0.717) is 37.9 Å². The van der Waals surface area contributed by atoms with Gasteiger partial charge in [-0.1, -0.05) is 25.1 Å². The number of hydrogen-bond acceptors (Lipinski definition) is 6. The average molecular weight is 643 g/mol. The summed E-state index contributed by atoms with van der Waals surface area (Å²) >= 11 is 0. The van der Waals surface area contributed by atoms with Gasteiger partial charge in [0, 0.05) is 25.7 Å². The monoisotopic (exact) mass is 642 g/mol. The minimum Gasteiger partial charge on any atom is -0.446 e. The van der Waals surface area contributed by atoms with Gasteiger partial charge in [0.05, 0.1) is 23.9 Å². The topological polar surface area (TPSA) is 95.5 Å². The summed E-state index contributed by atoms with van der Waals surface area (Å²) in [6.45, 7) is 3.79. The molecule has 0 radical (unpaired) electrons. The quantitative estimate of drug-likeness (QED) is 0.121. The van der Waals surface area contributed by atoms with Gasteiger partial charge in [-0.05, 0) is 91.5 Å². The molecule has 1 amide bonds. The van der Waals surface area contributed by atoms with Crippen molar-refractivity contribution in [2.45, 2.75) is 96.0 Å². The molecule has 2 unspecified atom stereocenters. The SMILES string of the molecule is CCC(CC)OC(=O)N1CCCC(N(Cc2cc(C(F)(F)F)cc(C(F)(F)F)c2)C(CN)NN=NC)c2cc3c(cc21)CCC3. The number of rotatable bonds is 10. The van der Waals surface area contributed by atoms with Gasteiger partial charge in [0.1, 0.15) is 12.3 Å². The predicted molar refractivity (Wildman–Crippen MR) is 157 cm³/mol. The Balaban J connectivity index is 1.85. The Morgan fingerprint density at radius 1 is 1.02 bits per heavy atom. The largest absolute Gasteiger partial charge is 0.446 e. The molecule has 0 saturated carbocycles. The van der Waals surface area contributed by atoms with E-state index in [-0.39, 0.29) is 30.8 Å². The van der Waals surface area contributed by atoms with Gasteiger partial charge in [0.25, 0.3) is 0 Å². The lowest BCUT2D eigenvalue weighted by Crippen LogP contribution is -2.49. The summed E-state index contributed by atoms with van der Waals surface area (Å²) in [7, 11) is 1.42. The molecule has 0 spiro atoms. The molecule has 3 N–H and O–H groups in total. The summed E-state index contributed by atoms with van der Waals surface area (Å²) in [5.41, 5.74) is 9.50. The highest BCUT2D eigenvalue weighted by molar-refractivity contribution is 5.89. The molecule has 2 aromatic carbocycles. The van der Waals surface area contributed by atoms with Crippen LogP contribution in [-0.2, 0) is 36.5 Å². The molecular weight excluding hydrogens is 602 g/mol. The Labute approximate surface area is 259 Å². The number of nitrogens with zero attached hydrogens (tertiary/aromatic N) is 4. The minimum atomic E-state index is -4.99. The van der Waals surface area contributed by atoms with Crippen LogP contribution in [0.2, 0.25) is 0 Å². The number of nitrogens with one attached hydrogen (secondary N) is 1. The van der Waals surface area contributed by atoms with Crippen LogP contribution in [0, 0.1) is 0 Å². The molecule has 0 aromatic heterocycles. The molecule has 0 saturated heterocycles. The smallest absolute Gasteiger partial charge is 0.416 e. The number of ether oxygens (including phenoxy) is 1. The Hall–Kier alpha value is -3.39. The van der Waals surface area contributed by atoms with Gasteiger partial charge < -0.3 is 10.5 Å². The first-order valence-corrected chi connectivity index (χ1v) is 15.2. The van der Waals surface area contributed by atoms with E-state index in [1.165, 1.54) is 7.05 Å². The summed E-state index contributed by atoms with van der Waals surface area (Å²) < 4.78 is 88.4. The van der Waals surface area contributed by atoms with Crippen molar-refractivity contribution in [3.05, 3.63) is 63.7 Å². The lowest BCUT2D eigenvalue weighted by Gasteiger charge is -2.38. The number of anilines is 1. The van der Waals surface area contributed by atoms with Gasteiger partial charge in [-0.25, -0.2) is 4.79 Å². The maximum absolute atomic E-state index is 13.8. The van der Waals surface area contributed by atoms with Gasteiger partial charge in [0.2, 0.25) is 0 Å². The highest BCUT2D eigenvalue weighted by Gasteiger charge is 2.39. The fourth-order valence-electron chi connectivity index (χ4n) is 6.19. The van der Waals surface area contributed by atoms with E-state index in [1.807, 2.05) is 26.0 Å². The van der Waals surface area contributed by atoms with E-state index in [4.69, 9.17) is 10.5 Å². The number of aryl methyl sites for hydroxylation is 2. The molecule has 248 valence electrons. The van der Waals surface area contributed by atoms with Crippen LogP contribution < -0.4 is 16.1 Å². The molecule has 14 heteroatoms. The van der Waals surface area contributed by atoms with Crippen molar-refractivity contribution < 1.29 is 35.9 Å². The maximum Gasteiger partial charge on any atom is 0.416 e. The summed E-state index contributed by atoms with van der Waals surface area (Å²) in [6, 6.07) is 5.03. The number of fused-ring (bicyclic) bond motifs is 2. The number of hydrogen-bond donors (Lipinski definition) is 2. The standard InChI is InChI=1S/C31H40F6N6O2/c1-4-24(5-2)45-29(44)42-11-7-10-26(25-14-20-8-6-9-21(20)15-27(25)42)43(28(17-38)40-41-39-3)18-19-12-22(30(32,33)34)16-23(13-19)31(35,36)37/h12-16,24,26,28H,4-11,17-18,38H2,1-3H3,(H,39,40). The highest BCUT2D eigenvalue weighted by atomic mass is 19.4. The molecule has 0 fully saturated rings. The zero-order valence-electron chi connectivity index (χ0n) is 25.6. The lowest BCUT2D eigenvalue weighted by molar-refractivity contribution is -0.143. The lowest BCUT2D eigenvalue weighted by atomic mass is 9.94. The van der Waals surface area contributed by atoms with Crippen LogP contribution in [0.3, 0.4) is 0 Å². The van der Waals surface area contributed by atoms with Gasteiger partial charge in [-0.2, -0.15) is 31.5 Å². The van der Waals surface area contributed by atoms with Crippen LogP contribution in [0.4, 0.5) is 36.8 Å². The Kier molecular flexibility index (Phi) is 11.0. The van der Waals surface area contributed by atoms with E-state index in [0.717, 1.165) is 48.1 Å². The third-order valence-electron chi connectivity index (χ3n) is 8.49. The Morgan fingerprint density at radius 2 is 1.64 bits per heavy atom. The summed E-state index contributed by atoms with van der Waals surface area (Å²) in [6.07, 6.45) is -6.75. The van der Waals surface area contributed by atoms with Gasteiger partial charge in [-0.15, -0.1) is 0 Å². The van der Waals surface area contributed by atoms with Crippen LogP contribution in [0.5, 0.6) is 0 Å². The van der Waals surface area contributed by atoms with Gasteiger partial charge in [0.15, 0.2) is 0 Å². The van der Waals surface area contributed by atoms with Crippen molar-refractivity contribution in [1.29, 1.82) is 0 Å². The molecule has 45 heavy (non-hydrogen) atoms. The van der Waals surface area contributed by atoms with E-state index >= 15 is 0 Å². The molecule has 2 aromatic rings. The van der Waals surface area contributed by atoms with Gasteiger partial charge in [-0.3, -0.25) is 15.2 Å². The van der Waals surface area contributed by atoms with Crippen molar-refractivity contribution >= 4 is 11.8 Å². The number of nitrogens with two attached hydrogens (primary N) is 1. The van der Waals surface area contributed by atoms with Crippen LogP contribution in [0.1, 0.15) is 85.4 Å². The number of amides is 1. The zero-order chi connectivity index (χ0) is 32.9. The van der Waals surface area contributed by atoms with E-state index in [2.05, 4.69) is 15.8 Å². The van der Waals surface area contributed by atoms with E-state index in [9.17, 15) is 31.1 Å². The van der Waals surface area contributed by atoms with Gasteiger partial charge >= 0.3 is 18.4 Å². The van der Waals surface area contributed by atoms with Crippen LogP contribution in [-0.4, -0.2) is 43.4 Å². The summed E-state index contributed by atoms with van der Waals surface area (Å²) in [4.78, 5) is 16.8. The molecular formula is C31H40F6N6O2. The summed E-state index contributed by atoms with van der Waals surface area (Å²) in [5, 5.41) is 7.56. The van der Waals surface area contributed by atoms with E-state index < -0.39 is 41.8 Å². The van der Waals surface area contributed by atoms with E-state index in [1.54, 1.807) is 9.80 Å². The molecule has 2 atom stereocenters. The average Bonchev–Trinajstić information content (AvgIpc) is 3.37. The van der Waals surface area contributed by atoms with Crippen LogP contribution in [0.25, 0.3) is 0 Å². The predicted octanol–water partition coefficient (Wildman–Crippen LogP) is 7.55. The highest BCUT2D eigenvalue weighted by Crippen LogP contribution is 2.43. The third-order valence-corrected chi connectivity index (χ3v) is 8.49. The molecule has 1 aliphatic carbocycles. The van der Waals surface area contributed by atoms with Crippen LogP contribution in [0.15, 0.2) is 40.7 Å². The maximum atomic E-state index is 13.8.